The molecule has 0 fully saturated rings. The number of hydrogen-bond donors (Lipinski definition) is 1. The molecule has 0 unspecified atom stereocenters. The Morgan fingerprint density at radius 2 is 1.64 bits per heavy atom. The maximum absolute atomic E-state index is 12.4. The molecule has 0 aliphatic rings. The molecule has 0 spiro atoms. The minimum atomic E-state index is -3.51. The molecule has 0 radical (unpaired) electrons. The lowest BCUT2D eigenvalue weighted by Crippen LogP contribution is -2.37. The predicted molar refractivity (Wildman–Crippen MR) is 101 cm³/mol. The molecule has 0 aliphatic carbocycles. The molecule has 25 heavy (non-hydrogen) atoms. The van der Waals surface area contributed by atoms with Crippen molar-refractivity contribution in [1.29, 1.82) is 0 Å². The first kappa shape index (κ1) is 19.1. The van der Waals surface area contributed by atoms with Crippen LogP contribution in [0, 0.1) is 6.92 Å². The molecule has 5 nitrogen and oxygen atoms in total. The lowest BCUT2D eigenvalue weighted by atomic mass is 10.1. The van der Waals surface area contributed by atoms with E-state index in [0.717, 1.165) is 35.1 Å². The summed E-state index contributed by atoms with van der Waals surface area (Å²) in [6, 6.07) is 15.1. The average Bonchev–Trinajstić information content (AvgIpc) is 2.55. The molecule has 0 saturated heterocycles. The standard InChI is InChI=1S/C19H24N2O3S/c1-4-16-10-7-8-12-18(16)20-19(22)14-21(25(3,23)24)13-17-11-6-5-9-15(17)2/h5-12H,4,13-14H2,1-3H3,(H,20,22). The SMILES string of the molecule is CCc1ccccc1NC(=O)CN(Cc1ccccc1C)S(C)(=O)=O. The molecule has 6 heteroatoms. The van der Waals surface area contributed by atoms with Crippen molar-refractivity contribution in [2.75, 3.05) is 18.1 Å². The Morgan fingerprint density at radius 1 is 1.04 bits per heavy atom. The number of hydrogen-bond acceptors (Lipinski definition) is 3. The number of carbonyl (C=O) groups is 1. The monoisotopic (exact) mass is 360 g/mol. The Bertz CT molecular complexity index is 847. The Hall–Kier alpha value is -2.18. The van der Waals surface area contributed by atoms with Gasteiger partial charge in [-0.05, 0) is 36.1 Å². The van der Waals surface area contributed by atoms with Crippen molar-refractivity contribution >= 4 is 21.6 Å². The van der Waals surface area contributed by atoms with Crippen molar-refractivity contribution in [3.63, 3.8) is 0 Å². The largest absolute Gasteiger partial charge is 0.325 e. The quantitative estimate of drug-likeness (QED) is 0.825. The highest BCUT2D eigenvalue weighted by Crippen LogP contribution is 2.16. The molecule has 0 bridgehead atoms. The van der Waals surface area contributed by atoms with Crippen LogP contribution < -0.4 is 5.32 Å². The van der Waals surface area contributed by atoms with Crippen LogP contribution >= 0.6 is 0 Å². The highest BCUT2D eigenvalue weighted by molar-refractivity contribution is 7.88. The van der Waals surface area contributed by atoms with E-state index in [-0.39, 0.29) is 19.0 Å². The molecule has 134 valence electrons. The molecule has 0 aromatic heterocycles. The first-order valence-corrected chi connectivity index (χ1v) is 10.0. The van der Waals surface area contributed by atoms with Crippen molar-refractivity contribution in [2.45, 2.75) is 26.8 Å². The van der Waals surface area contributed by atoms with Crippen molar-refractivity contribution in [2.24, 2.45) is 0 Å². The van der Waals surface area contributed by atoms with E-state index in [4.69, 9.17) is 0 Å². The molecule has 0 atom stereocenters. The van der Waals surface area contributed by atoms with Gasteiger partial charge in [-0.25, -0.2) is 8.42 Å². The summed E-state index contributed by atoms with van der Waals surface area (Å²) >= 11 is 0. The van der Waals surface area contributed by atoms with Gasteiger partial charge in [0.15, 0.2) is 0 Å². The molecule has 1 amide bonds. The second-order valence-corrected chi connectivity index (χ2v) is 8.00. The van der Waals surface area contributed by atoms with Crippen LogP contribution in [0.4, 0.5) is 5.69 Å². The van der Waals surface area contributed by atoms with E-state index < -0.39 is 10.0 Å². The topological polar surface area (TPSA) is 66.5 Å². The summed E-state index contributed by atoms with van der Waals surface area (Å²) in [6.07, 6.45) is 1.91. The van der Waals surface area contributed by atoms with Gasteiger partial charge in [0.25, 0.3) is 0 Å². The minimum absolute atomic E-state index is 0.175. The fraction of sp³-hybridized carbons (Fsp3) is 0.316. The van der Waals surface area contributed by atoms with E-state index in [1.807, 2.05) is 62.4 Å². The fourth-order valence-electron chi connectivity index (χ4n) is 2.57. The second kappa shape index (κ2) is 8.27. The maximum atomic E-state index is 12.4. The zero-order valence-electron chi connectivity index (χ0n) is 14.8. The van der Waals surface area contributed by atoms with Crippen LogP contribution in [-0.2, 0) is 27.8 Å². The first-order chi connectivity index (χ1) is 11.8. The summed E-state index contributed by atoms with van der Waals surface area (Å²) in [4.78, 5) is 12.4. The zero-order chi connectivity index (χ0) is 18.4. The van der Waals surface area contributed by atoms with Crippen LogP contribution in [0.3, 0.4) is 0 Å². The highest BCUT2D eigenvalue weighted by Gasteiger charge is 2.21. The van der Waals surface area contributed by atoms with Crippen LogP contribution in [0.1, 0.15) is 23.6 Å². The number of nitrogens with one attached hydrogen (secondary N) is 1. The third kappa shape index (κ3) is 5.41. The third-order valence-electron chi connectivity index (χ3n) is 4.07. The number of benzene rings is 2. The highest BCUT2D eigenvalue weighted by atomic mass is 32.2. The van der Waals surface area contributed by atoms with Gasteiger partial charge in [-0.1, -0.05) is 49.4 Å². The van der Waals surface area contributed by atoms with Crippen LogP contribution in [0.5, 0.6) is 0 Å². The third-order valence-corrected chi connectivity index (χ3v) is 5.27. The second-order valence-electron chi connectivity index (χ2n) is 6.02. The van der Waals surface area contributed by atoms with Gasteiger partial charge in [0.2, 0.25) is 15.9 Å². The van der Waals surface area contributed by atoms with Crippen LogP contribution in [0.2, 0.25) is 0 Å². The normalized spacial score (nSPS) is 11.5. The van der Waals surface area contributed by atoms with Crippen molar-refractivity contribution in [1.82, 2.24) is 4.31 Å². The minimum Gasteiger partial charge on any atom is -0.325 e. The molecular formula is C19H24N2O3S. The summed E-state index contributed by atoms with van der Waals surface area (Å²) in [5.74, 6) is -0.347. The summed E-state index contributed by atoms with van der Waals surface area (Å²) < 4.78 is 25.4. The molecule has 0 aliphatic heterocycles. The average molecular weight is 360 g/mol. The van der Waals surface area contributed by atoms with Gasteiger partial charge in [0.05, 0.1) is 12.8 Å². The van der Waals surface area contributed by atoms with Crippen molar-refractivity contribution in [3.8, 4) is 0 Å². The predicted octanol–water partition coefficient (Wildman–Crippen LogP) is 2.96. The Kier molecular flexibility index (Phi) is 6.33. The Labute approximate surface area is 149 Å². The first-order valence-electron chi connectivity index (χ1n) is 8.18. The van der Waals surface area contributed by atoms with E-state index in [1.54, 1.807) is 0 Å². The van der Waals surface area contributed by atoms with Gasteiger partial charge in [0.1, 0.15) is 0 Å². The van der Waals surface area contributed by atoms with E-state index >= 15 is 0 Å². The number of carbonyl (C=O) groups excluding carboxylic acids is 1. The molecule has 2 rings (SSSR count). The van der Waals surface area contributed by atoms with Gasteiger partial charge < -0.3 is 5.32 Å². The number of rotatable bonds is 7. The number of anilines is 1. The van der Waals surface area contributed by atoms with Crippen molar-refractivity contribution < 1.29 is 13.2 Å². The van der Waals surface area contributed by atoms with Crippen LogP contribution in [0.15, 0.2) is 48.5 Å². The molecule has 2 aromatic rings. The van der Waals surface area contributed by atoms with E-state index in [0.29, 0.717) is 0 Å². The molecular weight excluding hydrogens is 336 g/mol. The number of amides is 1. The number of nitrogens with zero attached hydrogens (tertiary/aromatic N) is 1. The molecule has 0 heterocycles. The Balaban J connectivity index is 2.15. The van der Waals surface area contributed by atoms with Crippen molar-refractivity contribution in [3.05, 3.63) is 65.2 Å². The van der Waals surface area contributed by atoms with Gasteiger partial charge >= 0.3 is 0 Å². The van der Waals surface area contributed by atoms with E-state index in [9.17, 15) is 13.2 Å². The summed E-state index contributed by atoms with van der Waals surface area (Å²) in [7, 11) is -3.51. The lowest BCUT2D eigenvalue weighted by molar-refractivity contribution is -0.116. The maximum Gasteiger partial charge on any atom is 0.239 e. The van der Waals surface area contributed by atoms with Crippen LogP contribution in [-0.4, -0.2) is 31.4 Å². The van der Waals surface area contributed by atoms with Gasteiger partial charge in [-0.15, -0.1) is 0 Å². The van der Waals surface area contributed by atoms with Crippen LogP contribution in [0.25, 0.3) is 0 Å². The van der Waals surface area contributed by atoms with Gasteiger partial charge in [-0.3, -0.25) is 4.79 Å². The van der Waals surface area contributed by atoms with E-state index in [1.165, 1.54) is 4.31 Å². The zero-order valence-corrected chi connectivity index (χ0v) is 15.6. The lowest BCUT2D eigenvalue weighted by Gasteiger charge is -2.21. The fourth-order valence-corrected chi connectivity index (χ4v) is 3.29. The van der Waals surface area contributed by atoms with Gasteiger partial charge in [0, 0.05) is 12.2 Å². The summed E-state index contributed by atoms with van der Waals surface area (Å²) in [6.45, 7) is 3.89. The number of sulfonamides is 1. The number of aryl methyl sites for hydroxylation is 2. The van der Waals surface area contributed by atoms with E-state index in [2.05, 4.69) is 5.32 Å². The van der Waals surface area contributed by atoms with Gasteiger partial charge in [-0.2, -0.15) is 4.31 Å². The Morgan fingerprint density at radius 3 is 2.24 bits per heavy atom. The smallest absolute Gasteiger partial charge is 0.239 e. The number of para-hydroxylation sites is 1. The summed E-state index contributed by atoms with van der Waals surface area (Å²) in [5, 5.41) is 2.82. The molecule has 2 aromatic carbocycles. The molecule has 0 saturated carbocycles. The molecule has 1 N–H and O–H groups in total. The summed E-state index contributed by atoms with van der Waals surface area (Å²) in [5.41, 5.74) is 3.61.